The van der Waals surface area contributed by atoms with Crippen LogP contribution in [-0.2, 0) is 11.2 Å². The van der Waals surface area contributed by atoms with Crippen molar-refractivity contribution in [3.63, 3.8) is 0 Å². The summed E-state index contributed by atoms with van der Waals surface area (Å²) < 4.78 is 1.80. The van der Waals surface area contributed by atoms with Crippen LogP contribution in [0.2, 0.25) is 0 Å². The molecule has 0 radical (unpaired) electrons. The molecule has 5 nitrogen and oxygen atoms in total. The van der Waals surface area contributed by atoms with Crippen LogP contribution in [0.15, 0.2) is 4.79 Å². The fraction of sp³-hybridized carbons (Fsp3) is 0.688. The zero-order valence-electron chi connectivity index (χ0n) is 13.3. The number of nitrogens with zero attached hydrogens (tertiary/aromatic N) is 2. The Kier molecular flexibility index (Phi) is 4.21. The Morgan fingerprint density at radius 1 is 1.43 bits per heavy atom. The fourth-order valence-corrected chi connectivity index (χ4v) is 3.56. The third kappa shape index (κ3) is 3.01. The molecule has 0 aliphatic heterocycles. The molecule has 0 aromatic carbocycles. The predicted molar refractivity (Wildman–Crippen MR) is 80.6 cm³/mol. The van der Waals surface area contributed by atoms with E-state index < -0.39 is 5.97 Å². The maximum Gasteiger partial charge on any atom is 0.348 e. The lowest BCUT2D eigenvalue weighted by Crippen LogP contribution is -2.35. The van der Waals surface area contributed by atoms with E-state index in [1.54, 1.807) is 11.5 Å². The molecule has 1 aliphatic carbocycles. The second-order valence-corrected chi connectivity index (χ2v) is 6.70. The van der Waals surface area contributed by atoms with Crippen molar-refractivity contribution < 1.29 is 9.90 Å². The molecule has 1 aromatic heterocycles. The Hall–Kier alpha value is -1.65. The highest BCUT2D eigenvalue weighted by Gasteiger charge is 2.37. The lowest BCUT2D eigenvalue weighted by molar-refractivity contribution is -0.136. The Bertz CT molecular complexity index is 617. The molecule has 2 rings (SSSR count). The molecule has 1 heterocycles. The lowest BCUT2D eigenvalue weighted by atomic mass is 9.87. The number of aromatic nitrogens is 2. The van der Waals surface area contributed by atoms with Gasteiger partial charge in [0.05, 0.1) is 0 Å². The first kappa shape index (κ1) is 15.7. The Labute approximate surface area is 125 Å². The van der Waals surface area contributed by atoms with E-state index in [0.717, 1.165) is 30.5 Å². The highest BCUT2D eigenvalue weighted by molar-refractivity contribution is 5.67. The van der Waals surface area contributed by atoms with Gasteiger partial charge < -0.3 is 5.11 Å². The minimum atomic E-state index is -0.826. The molecule has 1 fully saturated rings. The first-order valence-corrected chi connectivity index (χ1v) is 7.54. The van der Waals surface area contributed by atoms with Crippen molar-refractivity contribution in [2.75, 3.05) is 0 Å². The van der Waals surface area contributed by atoms with Gasteiger partial charge in [-0.1, -0.05) is 20.3 Å². The Morgan fingerprint density at radius 3 is 2.62 bits per heavy atom. The largest absolute Gasteiger partial charge is 0.481 e. The van der Waals surface area contributed by atoms with Crippen LogP contribution >= 0.6 is 0 Å². The average Bonchev–Trinajstić information content (AvgIpc) is 2.68. The predicted octanol–water partition coefficient (Wildman–Crippen LogP) is 2.63. The van der Waals surface area contributed by atoms with Crippen LogP contribution in [0.4, 0.5) is 0 Å². The number of aryl methyl sites for hydroxylation is 1. The number of hydrogen-bond acceptors (Lipinski definition) is 3. The molecular formula is C16H24N2O3. The van der Waals surface area contributed by atoms with Gasteiger partial charge in [0.1, 0.15) is 0 Å². The normalized spacial score (nSPS) is 20.7. The minimum absolute atomic E-state index is 0.0651. The lowest BCUT2D eigenvalue weighted by Gasteiger charge is -2.31. The molecule has 0 bridgehead atoms. The van der Waals surface area contributed by atoms with Gasteiger partial charge in [0.25, 0.3) is 0 Å². The van der Waals surface area contributed by atoms with Gasteiger partial charge >= 0.3 is 11.7 Å². The van der Waals surface area contributed by atoms with E-state index in [0.29, 0.717) is 12.1 Å². The molecule has 1 atom stereocenters. The number of carbonyl (C=O) groups is 1. The summed E-state index contributed by atoms with van der Waals surface area (Å²) in [5.74, 6) is -0.826. The van der Waals surface area contributed by atoms with Crippen molar-refractivity contribution in [2.24, 2.45) is 5.41 Å². The van der Waals surface area contributed by atoms with Crippen molar-refractivity contribution in [3.05, 3.63) is 27.4 Å². The summed E-state index contributed by atoms with van der Waals surface area (Å²) in [7, 11) is 0. The summed E-state index contributed by atoms with van der Waals surface area (Å²) in [5, 5.41) is 8.89. The monoisotopic (exact) mass is 292 g/mol. The van der Waals surface area contributed by atoms with Crippen molar-refractivity contribution in [1.82, 2.24) is 9.55 Å². The van der Waals surface area contributed by atoms with Gasteiger partial charge in [0.15, 0.2) is 0 Å². The zero-order chi connectivity index (χ0) is 15.8. The smallest absolute Gasteiger partial charge is 0.348 e. The van der Waals surface area contributed by atoms with E-state index in [2.05, 4.69) is 18.8 Å². The summed E-state index contributed by atoms with van der Waals surface area (Å²) >= 11 is 0. The highest BCUT2D eigenvalue weighted by Crippen LogP contribution is 2.45. The quantitative estimate of drug-likeness (QED) is 0.926. The van der Waals surface area contributed by atoms with Crippen LogP contribution in [0.1, 0.15) is 62.5 Å². The van der Waals surface area contributed by atoms with Crippen LogP contribution in [0.25, 0.3) is 0 Å². The van der Waals surface area contributed by atoms with Crippen LogP contribution in [-0.4, -0.2) is 20.6 Å². The molecule has 5 heteroatoms. The average molecular weight is 292 g/mol. The molecule has 1 aromatic rings. The third-order valence-corrected chi connectivity index (χ3v) is 4.81. The summed E-state index contributed by atoms with van der Waals surface area (Å²) in [5.41, 5.74) is 2.32. The molecule has 0 spiro atoms. The Balaban J connectivity index is 2.49. The molecule has 0 amide bonds. The molecule has 21 heavy (non-hydrogen) atoms. The molecule has 0 saturated heterocycles. The van der Waals surface area contributed by atoms with Gasteiger partial charge in [-0.25, -0.2) is 4.79 Å². The number of hydrogen-bond donors (Lipinski definition) is 1. The van der Waals surface area contributed by atoms with Gasteiger partial charge in [-0.2, -0.15) is 4.98 Å². The SMILES string of the molecule is Cc1nc(=O)n(C2CCCC2(C)C)c(C)c1CCC(=O)O. The van der Waals surface area contributed by atoms with E-state index in [-0.39, 0.29) is 23.6 Å². The highest BCUT2D eigenvalue weighted by atomic mass is 16.4. The van der Waals surface area contributed by atoms with Gasteiger partial charge in [-0.15, -0.1) is 0 Å². The number of carboxylic acid groups (broad SMARTS) is 1. The van der Waals surface area contributed by atoms with Crippen molar-refractivity contribution in [3.8, 4) is 0 Å². The van der Waals surface area contributed by atoms with E-state index >= 15 is 0 Å². The molecule has 116 valence electrons. The molecule has 1 N–H and O–H groups in total. The summed E-state index contributed by atoms with van der Waals surface area (Å²) in [6, 6.07) is 0.154. The van der Waals surface area contributed by atoms with E-state index in [1.807, 2.05) is 6.92 Å². The number of aliphatic carboxylic acids is 1. The van der Waals surface area contributed by atoms with Crippen LogP contribution in [0, 0.1) is 19.3 Å². The van der Waals surface area contributed by atoms with E-state index in [1.165, 1.54) is 0 Å². The summed E-state index contributed by atoms with van der Waals surface area (Å²) in [6.45, 7) is 8.08. The second-order valence-electron chi connectivity index (χ2n) is 6.70. The van der Waals surface area contributed by atoms with E-state index in [9.17, 15) is 9.59 Å². The third-order valence-electron chi connectivity index (χ3n) is 4.81. The summed E-state index contributed by atoms with van der Waals surface area (Å²) in [6.07, 6.45) is 3.68. The number of carboxylic acids is 1. The van der Waals surface area contributed by atoms with Crippen molar-refractivity contribution in [2.45, 2.75) is 65.8 Å². The van der Waals surface area contributed by atoms with E-state index in [4.69, 9.17) is 5.11 Å². The Morgan fingerprint density at radius 2 is 2.10 bits per heavy atom. The zero-order valence-corrected chi connectivity index (χ0v) is 13.3. The van der Waals surface area contributed by atoms with Crippen LogP contribution < -0.4 is 5.69 Å². The van der Waals surface area contributed by atoms with Crippen LogP contribution in [0.5, 0.6) is 0 Å². The van der Waals surface area contributed by atoms with Gasteiger partial charge in [0, 0.05) is 23.9 Å². The summed E-state index contributed by atoms with van der Waals surface area (Å²) in [4.78, 5) is 27.3. The molecule has 1 aliphatic rings. The maximum absolute atomic E-state index is 12.4. The minimum Gasteiger partial charge on any atom is -0.481 e. The van der Waals surface area contributed by atoms with Gasteiger partial charge in [-0.3, -0.25) is 9.36 Å². The molecule has 1 unspecified atom stereocenters. The molecular weight excluding hydrogens is 268 g/mol. The first-order chi connectivity index (χ1) is 9.74. The first-order valence-electron chi connectivity index (χ1n) is 7.54. The maximum atomic E-state index is 12.4. The van der Waals surface area contributed by atoms with Gasteiger partial charge in [-0.05, 0) is 44.1 Å². The topological polar surface area (TPSA) is 72.2 Å². The molecule has 1 saturated carbocycles. The van der Waals surface area contributed by atoms with Crippen molar-refractivity contribution >= 4 is 5.97 Å². The standard InChI is InChI=1S/C16H24N2O3/c1-10-12(7-8-14(19)20)11(2)18(15(21)17-10)13-6-5-9-16(13,3)4/h13H,5-9H2,1-4H3,(H,19,20). The second kappa shape index (κ2) is 5.62. The number of rotatable bonds is 4. The van der Waals surface area contributed by atoms with Crippen LogP contribution in [0.3, 0.4) is 0 Å². The fourth-order valence-electron chi connectivity index (χ4n) is 3.56. The van der Waals surface area contributed by atoms with Crippen molar-refractivity contribution in [1.29, 1.82) is 0 Å². The van der Waals surface area contributed by atoms with Gasteiger partial charge in [0.2, 0.25) is 0 Å².